The number of ether oxygens (including phenoxy) is 1. The summed E-state index contributed by atoms with van der Waals surface area (Å²) in [5, 5.41) is 15.1. The van der Waals surface area contributed by atoms with Crippen LogP contribution in [0.1, 0.15) is 24.7 Å². The zero-order valence-electron chi connectivity index (χ0n) is 19.1. The molecule has 0 unspecified atom stereocenters. The molecular formula is C25H19FN6O4. The quantitative estimate of drug-likeness (QED) is 0.251. The normalized spacial score (nSPS) is 15.1. The summed E-state index contributed by atoms with van der Waals surface area (Å²) in [6.45, 7) is 8.01. The third-order valence-electron chi connectivity index (χ3n) is 6.12. The molecule has 11 heteroatoms. The maximum atomic E-state index is 14.6. The fourth-order valence-electron chi connectivity index (χ4n) is 4.44. The Balaban J connectivity index is 1.88. The number of rotatable bonds is 5. The molecule has 0 radical (unpaired) electrons. The number of nitro groups is 1. The van der Waals surface area contributed by atoms with E-state index in [4.69, 9.17) is 16.3 Å². The summed E-state index contributed by atoms with van der Waals surface area (Å²) in [6, 6.07) is 7.87. The first-order chi connectivity index (χ1) is 17.4. The van der Waals surface area contributed by atoms with Crippen LogP contribution >= 0.6 is 0 Å². The van der Waals surface area contributed by atoms with Gasteiger partial charge < -0.3 is 10.1 Å². The first-order valence-electron chi connectivity index (χ1n) is 11.1. The molecule has 2 aromatic heterocycles. The van der Waals surface area contributed by atoms with Gasteiger partial charge in [-0.05, 0) is 43.1 Å². The van der Waals surface area contributed by atoms with Crippen LogP contribution < -0.4 is 15.6 Å². The van der Waals surface area contributed by atoms with Gasteiger partial charge in [0.05, 0.1) is 41.2 Å². The molecule has 1 N–H and O–H groups in total. The van der Waals surface area contributed by atoms with E-state index in [1.54, 1.807) is 0 Å². The predicted octanol–water partition coefficient (Wildman–Crippen LogP) is 4.48. The summed E-state index contributed by atoms with van der Waals surface area (Å²) in [7, 11) is 1.34. The summed E-state index contributed by atoms with van der Waals surface area (Å²) in [5.74, 6) is -0.278. The van der Waals surface area contributed by atoms with Crippen LogP contribution in [0.25, 0.3) is 32.6 Å². The zero-order valence-corrected chi connectivity index (χ0v) is 19.1. The van der Waals surface area contributed by atoms with Crippen LogP contribution in [0.3, 0.4) is 0 Å². The molecular weight excluding hydrogens is 467 g/mol. The van der Waals surface area contributed by atoms with E-state index in [2.05, 4.69) is 15.1 Å². The Labute approximate surface area is 204 Å². The molecule has 0 saturated carbocycles. The number of non-ortho nitro benzene ring substituents is 1. The number of aromatic nitrogens is 3. The number of pyridine rings is 1. The summed E-state index contributed by atoms with van der Waals surface area (Å²) in [4.78, 5) is 37.3. The van der Waals surface area contributed by atoms with Gasteiger partial charge in [0.1, 0.15) is 5.82 Å². The summed E-state index contributed by atoms with van der Waals surface area (Å²) < 4.78 is 20.9. The van der Waals surface area contributed by atoms with Crippen molar-refractivity contribution in [3.05, 3.63) is 92.3 Å². The SMILES string of the molecule is [C-]#[N+]c1cncc(-c2cc([N+](=O)[O-])cc3c(=O)n(-c4ccc(OC)c(F)c4)c([C@H]4CCCN4)nc23)c1. The number of hydrogen-bond acceptors (Lipinski definition) is 7. The Kier molecular flexibility index (Phi) is 5.87. The topological polar surface area (TPSA) is 117 Å². The fraction of sp³-hybridized carbons (Fsp3) is 0.200. The standard InChI is InChI=1S/C25H19FN6O4/c1-27-15-8-14(12-28-13-15)18-9-17(32(34)35)10-19-23(18)30-24(21-4-3-7-29-21)31(25(19)33)16-5-6-22(36-2)20(26)11-16/h5-6,8-13,21,29H,3-4,7H2,2H3/t21-/m1/s1. The molecule has 0 amide bonds. The summed E-state index contributed by atoms with van der Waals surface area (Å²) in [5.41, 5.74) is 0.539. The number of nitro benzene ring substituents is 1. The van der Waals surface area contributed by atoms with Crippen LogP contribution in [0.5, 0.6) is 5.75 Å². The lowest BCUT2D eigenvalue weighted by Gasteiger charge is -2.19. The van der Waals surface area contributed by atoms with Crippen LogP contribution in [-0.2, 0) is 0 Å². The molecule has 1 saturated heterocycles. The minimum absolute atomic E-state index is 0.00890. The van der Waals surface area contributed by atoms with Crippen LogP contribution in [0, 0.1) is 22.5 Å². The van der Waals surface area contributed by atoms with E-state index in [0.717, 1.165) is 13.0 Å². The van der Waals surface area contributed by atoms with E-state index in [9.17, 15) is 19.3 Å². The third-order valence-corrected chi connectivity index (χ3v) is 6.12. The first kappa shape index (κ1) is 23.1. The van der Waals surface area contributed by atoms with Crippen molar-refractivity contribution in [1.29, 1.82) is 0 Å². The maximum absolute atomic E-state index is 14.6. The van der Waals surface area contributed by atoms with Crippen LogP contribution in [0.15, 0.2) is 53.6 Å². The van der Waals surface area contributed by atoms with Crippen LogP contribution in [-0.4, -0.2) is 33.1 Å². The van der Waals surface area contributed by atoms with Gasteiger partial charge in [0.25, 0.3) is 11.2 Å². The number of halogens is 1. The lowest BCUT2D eigenvalue weighted by Crippen LogP contribution is -2.29. The highest BCUT2D eigenvalue weighted by Gasteiger charge is 2.27. The van der Waals surface area contributed by atoms with Gasteiger partial charge in [0.2, 0.25) is 5.69 Å². The van der Waals surface area contributed by atoms with E-state index in [1.165, 1.54) is 60.5 Å². The van der Waals surface area contributed by atoms with Crippen molar-refractivity contribution >= 4 is 22.3 Å². The molecule has 3 heterocycles. The van der Waals surface area contributed by atoms with Crippen molar-refractivity contribution in [2.45, 2.75) is 18.9 Å². The Morgan fingerprint density at radius 2 is 2.11 bits per heavy atom. The molecule has 1 aliphatic rings. The molecule has 0 aliphatic carbocycles. The number of hydrogen-bond donors (Lipinski definition) is 1. The van der Waals surface area contributed by atoms with Crippen LogP contribution in [0.4, 0.5) is 15.8 Å². The van der Waals surface area contributed by atoms with Crippen LogP contribution in [0.2, 0.25) is 0 Å². The highest BCUT2D eigenvalue weighted by atomic mass is 19.1. The number of nitrogens with one attached hydrogen (secondary N) is 1. The van der Waals surface area contributed by atoms with E-state index in [1.807, 2.05) is 0 Å². The van der Waals surface area contributed by atoms with E-state index >= 15 is 0 Å². The average Bonchev–Trinajstić information content (AvgIpc) is 3.43. The average molecular weight is 486 g/mol. The summed E-state index contributed by atoms with van der Waals surface area (Å²) in [6.07, 6.45) is 4.41. The molecule has 1 atom stereocenters. The maximum Gasteiger partial charge on any atom is 0.271 e. The Hall–Kier alpha value is -4.69. The molecule has 4 aromatic rings. The summed E-state index contributed by atoms with van der Waals surface area (Å²) >= 11 is 0. The fourth-order valence-corrected chi connectivity index (χ4v) is 4.44. The van der Waals surface area contributed by atoms with Crippen molar-refractivity contribution < 1.29 is 14.1 Å². The number of nitrogens with zero attached hydrogens (tertiary/aromatic N) is 5. The molecule has 36 heavy (non-hydrogen) atoms. The van der Waals surface area contributed by atoms with E-state index < -0.39 is 16.3 Å². The van der Waals surface area contributed by atoms with Gasteiger partial charge in [-0.25, -0.2) is 14.2 Å². The molecule has 0 bridgehead atoms. The molecule has 180 valence electrons. The zero-order chi connectivity index (χ0) is 25.4. The second kappa shape index (κ2) is 9.16. The lowest BCUT2D eigenvalue weighted by atomic mass is 10.0. The van der Waals surface area contributed by atoms with Gasteiger partial charge >= 0.3 is 0 Å². The van der Waals surface area contributed by atoms with Gasteiger partial charge in [0.15, 0.2) is 11.6 Å². The minimum atomic E-state index is -0.658. The van der Waals surface area contributed by atoms with Gasteiger partial charge in [-0.2, -0.15) is 0 Å². The van der Waals surface area contributed by atoms with Crippen molar-refractivity contribution in [3.8, 4) is 22.6 Å². The molecule has 5 rings (SSSR count). The van der Waals surface area contributed by atoms with Gasteiger partial charge in [0, 0.05) is 36.2 Å². The monoisotopic (exact) mass is 486 g/mol. The lowest BCUT2D eigenvalue weighted by molar-refractivity contribution is -0.384. The molecule has 0 spiro atoms. The van der Waals surface area contributed by atoms with Crippen molar-refractivity contribution in [2.75, 3.05) is 13.7 Å². The first-order valence-corrected chi connectivity index (χ1v) is 11.1. The molecule has 1 aliphatic heterocycles. The second-order valence-corrected chi connectivity index (χ2v) is 8.27. The number of benzene rings is 2. The van der Waals surface area contributed by atoms with Gasteiger partial charge in [-0.3, -0.25) is 24.5 Å². The molecule has 10 nitrogen and oxygen atoms in total. The van der Waals surface area contributed by atoms with Gasteiger partial charge in [-0.1, -0.05) is 0 Å². The van der Waals surface area contributed by atoms with Crippen molar-refractivity contribution in [3.63, 3.8) is 0 Å². The van der Waals surface area contributed by atoms with E-state index in [0.29, 0.717) is 23.4 Å². The number of methoxy groups -OCH3 is 1. The molecule has 2 aromatic carbocycles. The Morgan fingerprint density at radius 1 is 1.28 bits per heavy atom. The second-order valence-electron chi connectivity index (χ2n) is 8.27. The Morgan fingerprint density at radius 3 is 2.78 bits per heavy atom. The van der Waals surface area contributed by atoms with Crippen molar-refractivity contribution in [2.24, 2.45) is 0 Å². The highest BCUT2D eigenvalue weighted by Crippen LogP contribution is 2.34. The van der Waals surface area contributed by atoms with Crippen molar-refractivity contribution in [1.82, 2.24) is 19.9 Å². The van der Waals surface area contributed by atoms with Gasteiger partial charge in [-0.15, -0.1) is 0 Å². The predicted molar refractivity (Wildman–Crippen MR) is 130 cm³/mol. The minimum Gasteiger partial charge on any atom is -0.494 e. The van der Waals surface area contributed by atoms with E-state index in [-0.39, 0.29) is 39.8 Å². The molecule has 1 fully saturated rings. The third kappa shape index (κ3) is 3.93. The highest BCUT2D eigenvalue weighted by molar-refractivity contribution is 5.95. The smallest absolute Gasteiger partial charge is 0.271 e. The Bertz CT molecular complexity index is 1620. The number of fused-ring (bicyclic) bond motifs is 1. The largest absolute Gasteiger partial charge is 0.494 e.